The van der Waals surface area contributed by atoms with Gasteiger partial charge in [-0.3, -0.25) is 0 Å². The van der Waals surface area contributed by atoms with E-state index in [0.29, 0.717) is 35.6 Å². The minimum absolute atomic E-state index is 0.0995. The number of nitrogens with zero attached hydrogens (tertiary/aromatic N) is 3. The highest BCUT2D eigenvalue weighted by atomic mass is 32.2. The lowest BCUT2D eigenvalue weighted by Crippen LogP contribution is -2.23. The van der Waals surface area contributed by atoms with Gasteiger partial charge in [-0.25, -0.2) is 27.9 Å². The van der Waals surface area contributed by atoms with Gasteiger partial charge in [0.15, 0.2) is 0 Å². The number of hydrogen-bond acceptors (Lipinski definition) is 8. The molecule has 2 heterocycles. The number of thiazole rings is 1. The van der Waals surface area contributed by atoms with Crippen LogP contribution in [0.25, 0.3) is 10.4 Å². The molecule has 0 spiro atoms. The molecule has 0 unspecified atom stereocenters. The molecule has 1 saturated carbocycles. The second-order valence-electron chi connectivity index (χ2n) is 10.0. The number of nitrogens with one attached hydrogen (secondary N) is 2. The number of aromatic nitrogens is 3. The molecule has 3 aromatic rings. The van der Waals surface area contributed by atoms with Gasteiger partial charge in [-0.1, -0.05) is 32.3 Å². The van der Waals surface area contributed by atoms with E-state index in [4.69, 9.17) is 0 Å². The maximum Gasteiger partial charge on any atom is 0.404 e. The number of amides is 1. The number of hydrogen-bond donors (Lipinski definition) is 3. The Morgan fingerprint density at radius 3 is 2.46 bits per heavy atom. The van der Waals surface area contributed by atoms with Gasteiger partial charge >= 0.3 is 6.09 Å². The van der Waals surface area contributed by atoms with Crippen molar-refractivity contribution >= 4 is 39.0 Å². The van der Waals surface area contributed by atoms with Crippen molar-refractivity contribution in [2.45, 2.75) is 89.7 Å². The van der Waals surface area contributed by atoms with Crippen LogP contribution < -0.4 is 15.8 Å². The zero-order valence-electron chi connectivity index (χ0n) is 23.3. The highest BCUT2D eigenvalue weighted by molar-refractivity contribution is 7.89. The Balaban J connectivity index is 0.000000532. The van der Waals surface area contributed by atoms with E-state index >= 15 is 0 Å². The average molecular weight is 577 g/mol. The highest BCUT2D eigenvalue weighted by Gasteiger charge is 2.23. The summed E-state index contributed by atoms with van der Waals surface area (Å²) in [5.41, 5.74) is 5.99. The van der Waals surface area contributed by atoms with Gasteiger partial charge in [-0.2, -0.15) is 0 Å². The standard InChI is InChI=1S/C23H31N5O2S2.C4H9NO2/c1-4-26-32(29,30)21-12-18(27-22-14-28(15-25-22)16(2)3)10-11-19(21)20-13-24-23(31-20)17-8-6-5-7-9-17;1-3(2)7-4(5)6/h10-17,26-27H,4-9H2,1-3H3;3H,1-2H3,(H2,5,6). The number of ether oxygens (including phenoxy) is 1. The molecule has 2 aromatic heterocycles. The fraction of sp³-hybridized carbons (Fsp3) is 0.519. The molecule has 12 heteroatoms. The predicted octanol–water partition coefficient (Wildman–Crippen LogP) is 6.17. The number of benzene rings is 1. The quantitative estimate of drug-likeness (QED) is 0.277. The normalized spacial score (nSPS) is 14.2. The lowest BCUT2D eigenvalue weighted by atomic mass is 9.90. The van der Waals surface area contributed by atoms with Crippen LogP contribution in [0, 0.1) is 0 Å². The molecule has 1 aromatic carbocycles. The molecule has 39 heavy (non-hydrogen) atoms. The molecule has 0 atom stereocenters. The van der Waals surface area contributed by atoms with E-state index < -0.39 is 16.1 Å². The summed E-state index contributed by atoms with van der Waals surface area (Å²) in [6.45, 7) is 9.76. The van der Waals surface area contributed by atoms with Gasteiger partial charge < -0.3 is 20.4 Å². The first-order valence-corrected chi connectivity index (χ1v) is 15.7. The van der Waals surface area contributed by atoms with Crippen molar-refractivity contribution < 1.29 is 17.9 Å². The molecule has 214 valence electrons. The van der Waals surface area contributed by atoms with Crippen molar-refractivity contribution in [3.05, 3.63) is 41.9 Å². The Bertz CT molecular complexity index is 1330. The van der Waals surface area contributed by atoms with Crippen LogP contribution >= 0.6 is 11.3 Å². The molecule has 0 saturated heterocycles. The fourth-order valence-electron chi connectivity index (χ4n) is 4.31. The van der Waals surface area contributed by atoms with Gasteiger partial charge in [0.25, 0.3) is 0 Å². The Morgan fingerprint density at radius 2 is 1.90 bits per heavy atom. The smallest absolute Gasteiger partial charge is 0.404 e. The maximum absolute atomic E-state index is 13.1. The first kappa shape index (κ1) is 30.6. The van der Waals surface area contributed by atoms with Gasteiger partial charge in [0.2, 0.25) is 10.0 Å². The average Bonchev–Trinajstić information content (AvgIpc) is 3.55. The molecule has 0 radical (unpaired) electrons. The van der Waals surface area contributed by atoms with Gasteiger partial charge in [-0.05, 0) is 52.7 Å². The summed E-state index contributed by atoms with van der Waals surface area (Å²) in [6.07, 6.45) is 10.8. The van der Waals surface area contributed by atoms with Gasteiger partial charge in [0.05, 0.1) is 27.2 Å². The van der Waals surface area contributed by atoms with E-state index in [1.54, 1.807) is 44.5 Å². The van der Waals surface area contributed by atoms with E-state index in [1.165, 1.54) is 32.1 Å². The summed E-state index contributed by atoms with van der Waals surface area (Å²) in [5, 5.41) is 4.35. The third kappa shape index (κ3) is 8.77. The Hall–Kier alpha value is -2.96. The second kappa shape index (κ2) is 13.9. The minimum Gasteiger partial charge on any atom is -0.447 e. The van der Waals surface area contributed by atoms with Crippen molar-refractivity contribution in [1.29, 1.82) is 0 Å². The van der Waals surface area contributed by atoms with Gasteiger partial charge in [0.1, 0.15) is 5.82 Å². The minimum atomic E-state index is -3.66. The number of rotatable bonds is 9. The summed E-state index contributed by atoms with van der Waals surface area (Å²) in [6, 6.07) is 5.75. The van der Waals surface area contributed by atoms with Crippen LogP contribution in [-0.4, -0.2) is 41.7 Å². The molecule has 1 aliphatic carbocycles. The lowest BCUT2D eigenvalue weighted by molar-refractivity contribution is 0.125. The van der Waals surface area contributed by atoms with Crippen LogP contribution in [0.15, 0.2) is 41.8 Å². The highest BCUT2D eigenvalue weighted by Crippen LogP contribution is 2.39. The summed E-state index contributed by atoms with van der Waals surface area (Å²) in [5.74, 6) is 1.17. The number of carbonyl (C=O) groups excluding carboxylic acids is 1. The number of carbonyl (C=O) groups is 1. The predicted molar refractivity (Wildman–Crippen MR) is 156 cm³/mol. The molecule has 1 fully saturated rings. The van der Waals surface area contributed by atoms with Crippen LogP contribution in [0.2, 0.25) is 0 Å². The van der Waals surface area contributed by atoms with E-state index in [2.05, 4.69) is 44.3 Å². The number of nitrogens with two attached hydrogens (primary N) is 1. The molecule has 1 aliphatic rings. The summed E-state index contributed by atoms with van der Waals surface area (Å²) in [7, 11) is -3.66. The number of anilines is 2. The van der Waals surface area contributed by atoms with Crippen LogP contribution in [0.3, 0.4) is 0 Å². The van der Waals surface area contributed by atoms with E-state index in [-0.39, 0.29) is 11.0 Å². The largest absolute Gasteiger partial charge is 0.447 e. The topological polar surface area (TPSA) is 141 Å². The van der Waals surface area contributed by atoms with E-state index in [1.807, 2.05) is 29.1 Å². The number of imidazole rings is 1. The summed E-state index contributed by atoms with van der Waals surface area (Å²) in [4.78, 5) is 20.0. The van der Waals surface area contributed by atoms with Crippen molar-refractivity contribution in [1.82, 2.24) is 19.3 Å². The van der Waals surface area contributed by atoms with Crippen LogP contribution in [0.5, 0.6) is 0 Å². The molecular weight excluding hydrogens is 536 g/mol. The number of primary amides is 1. The Kier molecular flexibility index (Phi) is 10.9. The van der Waals surface area contributed by atoms with E-state index in [0.717, 1.165) is 9.88 Å². The first-order chi connectivity index (χ1) is 18.5. The molecule has 1 amide bonds. The summed E-state index contributed by atoms with van der Waals surface area (Å²) < 4.78 is 35.1. The van der Waals surface area contributed by atoms with Gasteiger partial charge in [-0.15, -0.1) is 11.3 Å². The maximum atomic E-state index is 13.1. The van der Waals surface area contributed by atoms with Crippen molar-refractivity contribution in [2.24, 2.45) is 5.73 Å². The lowest BCUT2D eigenvalue weighted by Gasteiger charge is -2.18. The zero-order chi connectivity index (χ0) is 28.6. The third-order valence-corrected chi connectivity index (χ3v) is 8.95. The SMILES string of the molecule is CC(C)OC(N)=O.CCNS(=O)(=O)c1cc(Nc2cn(C(C)C)cn2)ccc1-c1cnc(C2CCCCC2)s1. The third-order valence-electron chi connectivity index (χ3n) is 6.17. The fourth-order valence-corrected chi connectivity index (χ4v) is 6.78. The van der Waals surface area contributed by atoms with Crippen molar-refractivity contribution in [2.75, 3.05) is 11.9 Å². The van der Waals surface area contributed by atoms with Crippen molar-refractivity contribution in [3.8, 4) is 10.4 Å². The monoisotopic (exact) mass is 576 g/mol. The molecule has 4 N–H and O–H groups in total. The molecule has 0 bridgehead atoms. The van der Waals surface area contributed by atoms with Crippen molar-refractivity contribution in [3.63, 3.8) is 0 Å². The Labute approximate surface area is 235 Å². The second-order valence-corrected chi connectivity index (χ2v) is 12.8. The van der Waals surface area contributed by atoms with Crippen LogP contribution in [0.1, 0.15) is 83.7 Å². The van der Waals surface area contributed by atoms with Crippen LogP contribution in [0.4, 0.5) is 16.3 Å². The molecular formula is C27H40N6O4S2. The number of sulfonamides is 1. The summed E-state index contributed by atoms with van der Waals surface area (Å²) >= 11 is 1.62. The Morgan fingerprint density at radius 1 is 1.18 bits per heavy atom. The molecule has 0 aliphatic heterocycles. The molecule has 4 rings (SSSR count). The first-order valence-electron chi connectivity index (χ1n) is 13.4. The van der Waals surface area contributed by atoms with Gasteiger partial charge in [0, 0.05) is 42.1 Å². The van der Waals surface area contributed by atoms with E-state index in [9.17, 15) is 13.2 Å². The van der Waals surface area contributed by atoms with Crippen LogP contribution in [-0.2, 0) is 14.8 Å². The molecule has 10 nitrogen and oxygen atoms in total. The zero-order valence-corrected chi connectivity index (χ0v) is 24.9.